The Hall–Kier alpha value is -3.62. The Morgan fingerprint density at radius 3 is 2.44 bits per heavy atom. The Balaban J connectivity index is 1.30. The van der Waals surface area contributed by atoms with Crippen molar-refractivity contribution in [1.29, 1.82) is 0 Å². The van der Waals surface area contributed by atoms with Crippen LogP contribution in [0.5, 0.6) is 0 Å². The van der Waals surface area contributed by atoms with Gasteiger partial charge in [0.1, 0.15) is 12.1 Å². The van der Waals surface area contributed by atoms with E-state index in [0.29, 0.717) is 17.7 Å². The van der Waals surface area contributed by atoms with Crippen molar-refractivity contribution in [3.63, 3.8) is 0 Å². The number of halogens is 1. The molecule has 27 heavy (non-hydrogen) atoms. The van der Waals surface area contributed by atoms with Gasteiger partial charge in [0.05, 0.1) is 5.69 Å². The van der Waals surface area contributed by atoms with Crippen LogP contribution >= 0.6 is 0 Å². The van der Waals surface area contributed by atoms with Crippen molar-refractivity contribution in [2.24, 2.45) is 5.92 Å². The Morgan fingerprint density at radius 1 is 1.04 bits per heavy atom. The number of nitrogens with one attached hydrogen (secondary N) is 2. The maximum absolute atomic E-state index is 13.0. The predicted octanol–water partition coefficient (Wildman–Crippen LogP) is 1.37. The van der Waals surface area contributed by atoms with E-state index in [9.17, 15) is 14.0 Å². The van der Waals surface area contributed by atoms with Crippen LogP contribution in [-0.2, 0) is 4.79 Å². The zero-order valence-corrected chi connectivity index (χ0v) is 14.0. The zero-order valence-electron chi connectivity index (χ0n) is 14.0. The minimum atomic E-state index is -0.425. The first-order valence-corrected chi connectivity index (χ1v) is 8.31. The fourth-order valence-corrected chi connectivity index (χ4v) is 2.89. The monoisotopic (exact) mass is 366 g/mol. The molecule has 9 heteroatoms. The van der Waals surface area contributed by atoms with Gasteiger partial charge in [-0.3, -0.25) is 20.4 Å². The maximum Gasteiger partial charge on any atom is 0.269 e. The fraction of sp³-hybridized carbons (Fsp3) is 0.167. The third-order valence-corrected chi connectivity index (χ3v) is 4.47. The standard InChI is InChI=1S/C18H15FN6O2/c19-13-5-1-11(2-6-13)15-9-16(15)18(27)22-21-17(26)12-3-7-14(8-4-12)25-10-20-23-24-25/h1-8,10,15-16H,9H2,(H,21,26)(H,22,27). The minimum absolute atomic E-state index is 0.0538. The second-order valence-corrected chi connectivity index (χ2v) is 6.24. The van der Waals surface area contributed by atoms with E-state index in [1.54, 1.807) is 36.4 Å². The normalized spacial score (nSPS) is 18.0. The van der Waals surface area contributed by atoms with Crippen molar-refractivity contribution in [1.82, 2.24) is 31.1 Å². The van der Waals surface area contributed by atoms with Crippen LogP contribution in [0.2, 0.25) is 0 Å². The van der Waals surface area contributed by atoms with E-state index >= 15 is 0 Å². The molecule has 1 saturated carbocycles. The van der Waals surface area contributed by atoms with Crippen LogP contribution in [0, 0.1) is 11.7 Å². The van der Waals surface area contributed by atoms with Crippen LogP contribution in [0.4, 0.5) is 4.39 Å². The first-order valence-electron chi connectivity index (χ1n) is 8.31. The predicted molar refractivity (Wildman–Crippen MR) is 92.0 cm³/mol. The van der Waals surface area contributed by atoms with Gasteiger partial charge >= 0.3 is 0 Å². The number of nitrogens with zero attached hydrogens (tertiary/aromatic N) is 4. The second kappa shape index (κ2) is 6.94. The van der Waals surface area contributed by atoms with Gasteiger partial charge in [0.25, 0.3) is 5.91 Å². The minimum Gasteiger partial charge on any atom is -0.273 e. The lowest BCUT2D eigenvalue weighted by Gasteiger charge is -2.08. The third kappa shape index (κ3) is 3.66. The van der Waals surface area contributed by atoms with Crippen molar-refractivity contribution in [3.05, 3.63) is 71.8 Å². The van der Waals surface area contributed by atoms with Crippen molar-refractivity contribution in [3.8, 4) is 5.69 Å². The van der Waals surface area contributed by atoms with Crippen LogP contribution in [0.1, 0.15) is 28.3 Å². The van der Waals surface area contributed by atoms with Crippen LogP contribution in [0.25, 0.3) is 5.69 Å². The Labute approximate surface area is 153 Å². The quantitative estimate of drug-likeness (QED) is 0.679. The summed E-state index contributed by atoms with van der Waals surface area (Å²) in [5, 5.41) is 10.9. The highest BCUT2D eigenvalue weighted by Crippen LogP contribution is 2.47. The molecule has 1 aliphatic carbocycles. The molecular weight excluding hydrogens is 351 g/mol. The van der Waals surface area contributed by atoms with Gasteiger partial charge in [-0.1, -0.05) is 12.1 Å². The fourth-order valence-electron chi connectivity index (χ4n) is 2.89. The summed E-state index contributed by atoms with van der Waals surface area (Å²) in [5.41, 5.74) is 6.87. The summed E-state index contributed by atoms with van der Waals surface area (Å²) in [6, 6.07) is 12.7. The summed E-state index contributed by atoms with van der Waals surface area (Å²) in [6.07, 6.45) is 2.12. The summed E-state index contributed by atoms with van der Waals surface area (Å²) < 4.78 is 14.4. The van der Waals surface area contributed by atoms with Gasteiger partial charge in [0.2, 0.25) is 5.91 Å². The van der Waals surface area contributed by atoms with Crippen LogP contribution in [0.3, 0.4) is 0 Å². The van der Waals surface area contributed by atoms with Crippen molar-refractivity contribution in [2.45, 2.75) is 12.3 Å². The molecule has 4 rings (SSSR count). The molecule has 136 valence electrons. The summed E-state index contributed by atoms with van der Waals surface area (Å²) in [7, 11) is 0. The summed E-state index contributed by atoms with van der Waals surface area (Å²) in [6.45, 7) is 0. The van der Waals surface area contributed by atoms with Gasteiger partial charge in [-0.15, -0.1) is 5.10 Å². The number of aromatic nitrogens is 4. The summed E-state index contributed by atoms with van der Waals surface area (Å²) in [4.78, 5) is 24.3. The Bertz CT molecular complexity index is 957. The molecule has 3 aromatic rings. The first-order chi connectivity index (χ1) is 13.1. The SMILES string of the molecule is O=C(NNC(=O)C1CC1c1ccc(F)cc1)c1ccc(-n2cnnn2)cc1. The number of carbonyl (C=O) groups excluding carboxylic acids is 2. The number of benzene rings is 2. The maximum atomic E-state index is 13.0. The average molecular weight is 366 g/mol. The molecule has 2 unspecified atom stereocenters. The molecule has 1 aromatic heterocycles. The van der Waals surface area contributed by atoms with Crippen molar-refractivity contribution < 1.29 is 14.0 Å². The van der Waals surface area contributed by atoms with E-state index in [4.69, 9.17) is 0 Å². The Kier molecular flexibility index (Phi) is 4.33. The number of rotatable bonds is 4. The van der Waals surface area contributed by atoms with Gasteiger partial charge in [-0.25, -0.2) is 9.07 Å². The van der Waals surface area contributed by atoms with Gasteiger partial charge < -0.3 is 0 Å². The van der Waals surface area contributed by atoms with Crippen molar-refractivity contribution >= 4 is 11.8 Å². The lowest BCUT2D eigenvalue weighted by atomic mass is 10.1. The molecule has 0 aliphatic heterocycles. The van der Waals surface area contributed by atoms with E-state index in [2.05, 4.69) is 26.4 Å². The molecule has 1 heterocycles. The summed E-state index contributed by atoms with van der Waals surface area (Å²) in [5.74, 6) is -1.16. The average Bonchev–Trinajstić information content (AvgIpc) is 3.30. The molecule has 8 nitrogen and oxygen atoms in total. The van der Waals surface area contributed by atoms with E-state index in [-0.39, 0.29) is 23.6 Å². The largest absolute Gasteiger partial charge is 0.273 e. The van der Waals surface area contributed by atoms with Gasteiger partial charge in [0, 0.05) is 11.5 Å². The number of hydrogen-bond donors (Lipinski definition) is 2. The number of tetrazole rings is 1. The molecule has 2 N–H and O–H groups in total. The molecule has 0 radical (unpaired) electrons. The molecule has 0 bridgehead atoms. The van der Waals surface area contributed by atoms with E-state index in [0.717, 1.165) is 5.56 Å². The molecule has 0 spiro atoms. The smallest absolute Gasteiger partial charge is 0.269 e. The van der Waals surface area contributed by atoms with Crippen LogP contribution < -0.4 is 10.9 Å². The molecule has 1 fully saturated rings. The van der Waals surface area contributed by atoms with Crippen molar-refractivity contribution in [2.75, 3.05) is 0 Å². The number of hydrazine groups is 1. The number of carbonyl (C=O) groups is 2. The second-order valence-electron chi connectivity index (χ2n) is 6.24. The van der Waals surface area contributed by atoms with Crippen LogP contribution in [0.15, 0.2) is 54.9 Å². The lowest BCUT2D eigenvalue weighted by molar-refractivity contribution is -0.123. The highest BCUT2D eigenvalue weighted by molar-refractivity contribution is 5.96. The zero-order chi connectivity index (χ0) is 18.8. The molecular formula is C18H15FN6O2. The highest BCUT2D eigenvalue weighted by atomic mass is 19.1. The molecule has 2 atom stereocenters. The van der Waals surface area contributed by atoms with Gasteiger partial charge in [-0.2, -0.15) is 0 Å². The lowest BCUT2D eigenvalue weighted by Crippen LogP contribution is -2.42. The van der Waals surface area contributed by atoms with E-state index in [1.165, 1.54) is 23.1 Å². The van der Waals surface area contributed by atoms with E-state index in [1.807, 2.05) is 0 Å². The number of hydrogen-bond acceptors (Lipinski definition) is 5. The van der Waals surface area contributed by atoms with Crippen LogP contribution in [-0.4, -0.2) is 32.0 Å². The first kappa shape index (κ1) is 16.8. The van der Waals surface area contributed by atoms with E-state index < -0.39 is 5.91 Å². The summed E-state index contributed by atoms with van der Waals surface area (Å²) >= 11 is 0. The van der Waals surface area contributed by atoms with Gasteiger partial charge in [-0.05, 0) is 64.7 Å². The number of amides is 2. The molecule has 2 amide bonds. The molecule has 1 aliphatic rings. The third-order valence-electron chi connectivity index (χ3n) is 4.47. The Morgan fingerprint density at radius 2 is 1.78 bits per heavy atom. The topological polar surface area (TPSA) is 102 Å². The highest BCUT2D eigenvalue weighted by Gasteiger charge is 2.44. The molecule has 2 aromatic carbocycles. The van der Waals surface area contributed by atoms with Gasteiger partial charge in [0.15, 0.2) is 0 Å². The molecule has 0 saturated heterocycles.